The second-order valence-electron chi connectivity index (χ2n) is 5.69. The van der Waals surface area contributed by atoms with Crippen LogP contribution in [0.25, 0.3) is 0 Å². The highest BCUT2D eigenvalue weighted by Gasteiger charge is 2.15. The number of carbonyl (C=O) groups excluding carboxylic acids is 1. The third-order valence-electron chi connectivity index (χ3n) is 2.52. The van der Waals surface area contributed by atoms with E-state index in [1.165, 1.54) is 0 Å². The summed E-state index contributed by atoms with van der Waals surface area (Å²) in [6.07, 6.45) is 1.98. The molecule has 0 aliphatic carbocycles. The van der Waals surface area contributed by atoms with Crippen LogP contribution in [0.3, 0.4) is 0 Å². The number of alkyl carbamates (subject to hydrolysis) is 1. The van der Waals surface area contributed by atoms with Gasteiger partial charge in [0.1, 0.15) is 5.60 Å². The van der Waals surface area contributed by atoms with Crippen LogP contribution < -0.4 is 5.32 Å². The lowest BCUT2D eigenvalue weighted by molar-refractivity contribution is 0.0483. The van der Waals surface area contributed by atoms with Crippen LogP contribution in [0.1, 0.15) is 45.9 Å². The van der Waals surface area contributed by atoms with E-state index in [0.29, 0.717) is 13.2 Å². The van der Waals surface area contributed by atoms with Gasteiger partial charge in [-0.25, -0.2) is 4.79 Å². The summed E-state index contributed by atoms with van der Waals surface area (Å²) in [5.41, 5.74) is 0.408. The first-order chi connectivity index (χ1) is 9.78. The Bertz CT molecular complexity index is 460. The Morgan fingerprint density at radius 3 is 2.81 bits per heavy atom. The smallest absolute Gasteiger partial charge is 0.407 e. The first-order valence-electron chi connectivity index (χ1n) is 6.98. The van der Waals surface area contributed by atoms with Gasteiger partial charge in [0.05, 0.1) is 11.8 Å². The highest BCUT2D eigenvalue weighted by atomic mass is 79.9. The Hall–Kier alpha value is -1.14. The summed E-state index contributed by atoms with van der Waals surface area (Å²) in [5, 5.41) is 2.70. The molecule has 1 aromatic heterocycles. The zero-order valence-corrected chi connectivity index (χ0v) is 14.6. The van der Waals surface area contributed by atoms with Crippen LogP contribution in [0.4, 0.5) is 4.79 Å². The van der Waals surface area contributed by atoms with E-state index in [2.05, 4.69) is 26.2 Å². The van der Waals surface area contributed by atoms with E-state index in [1.54, 1.807) is 6.20 Å². The van der Waals surface area contributed by atoms with Crippen molar-refractivity contribution in [2.75, 3.05) is 13.2 Å². The lowest BCUT2D eigenvalue weighted by Crippen LogP contribution is -2.33. The SMILES string of the molecule is CC(OCCCNC(=O)OC(C)(C)C)c1cc(Br)ccn1. The van der Waals surface area contributed by atoms with Gasteiger partial charge < -0.3 is 14.8 Å². The number of hydrogen-bond acceptors (Lipinski definition) is 4. The van der Waals surface area contributed by atoms with Gasteiger partial charge >= 0.3 is 6.09 Å². The Balaban J connectivity index is 2.18. The maximum atomic E-state index is 11.4. The van der Waals surface area contributed by atoms with Gasteiger partial charge in [-0.15, -0.1) is 0 Å². The largest absolute Gasteiger partial charge is 0.444 e. The number of halogens is 1. The number of carbonyl (C=O) groups is 1. The van der Waals surface area contributed by atoms with Gasteiger partial charge in [0, 0.05) is 23.8 Å². The molecule has 0 aliphatic rings. The van der Waals surface area contributed by atoms with Crippen LogP contribution in [-0.4, -0.2) is 29.8 Å². The van der Waals surface area contributed by atoms with Crippen molar-refractivity contribution in [3.63, 3.8) is 0 Å². The van der Waals surface area contributed by atoms with Crippen molar-refractivity contribution >= 4 is 22.0 Å². The molecule has 0 bridgehead atoms. The summed E-state index contributed by atoms with van der Waals surface area (Å²) in [5.74, 6) is 0. The van der Waals surface area contributed by atoms with Crippen molar-refractivity contribution in [2.45, 2.75) is 45.8 Å². The summed E-state index contributed by atoms with van der Waals surface area (Å²) in [7, 11) is 0. The maximum Gasteiger partial charge on any atom is 0.407 e. The number of aromatic nitrogens is 1. The normalized spacial score (nSPS) is 12.8. The highest BCUT2D eigenvalue weighted by Crippen LogP contribution is 2.18. The quantitative estimate of drug-likeness (QED) is 0.784. The van der Waals surface area contributed by atoms with E-state index < -0.39 is 11.7 Å². The maximum absolute atomic E-state index is 11.4. The second kappa shape index (κ2) is 8.34. The number of nitrogens with one attached hydrogen (secondary N) is 1. The van der Waals surface area contributed by atoms with E-state index >= 15 is 0 Å². The monoisotopic (exact) mass is 358 g/mol. The predicted octanol–water partition coefficient (Wildman–Crippen LogP) is 3.84. The molecular formula is C15H23BrN2O3. The highest BCUT2D eigenvalue weighted by molar-refractivity contribution is 9.10. The Morgan fingerprint density at radius 2 is 2.19 bits per heavy atom. The molecule has 5 nitrogen and oxygen atoms in total. The molecule has 118 valence electrons. The molecule has 1 N–H and O–H groups in total. The molecule has 0 saturated carbocycles. The molecule has 0 saturated heterocycles. The molecule has 1 aromatic rings. The van der Waals surface area contributed by atoms with E-state index in [9.17, 15) is 4.79 Å². The molecular weight excluding hydrogens is 336 g/mol. The summed E-state index contributed by atoms with van der Waals surface area (Å²) >= 11 is 3.41. The second-order valence-corrected chi connectivity index (χ2v) is 6.61. The van der Waals surface area contributed by atoms with Gasteiger partial charge in [-0.3, -0.25) is 4.98 Å². The number of ether oxygens (including phenoxy) is 2. The lowest BCUT2D eigenvalue weighted by Gasteiger charge is -2.19. The number of nitrogens with zero attached hydrogens (tertiary/aromatic N) is 1. The molecule has 1 amide bonds. The molecule has 1 unspecified atom stereocenters. The predicted molar refractivity (Wildman–Crippen MR) is 85.2 cm³/mol. The number of pyridine rings is 1. The Morgan fingerprint density at radius 1 is 1.48 bits per heavy atom. The molecule has 6 heteroatoms. The van der Waals surface area contributed by atoms with Crippen LogP contribution >= 0.6 is 15.9 Å². The summed E-state index contributed by atoms with van der Waals surface area (Å²) < 4.78 is 11.8. The van der Waals surface area contributed by atoms with E-state index in [-0.39, 0.29) is 6.10 Å². The molecule has 1 atom stereocenters. The summed E-state index contributed by atoms with van der Waals surface area (Å²) in [6, 6.07) is 3.81. The molecule has 1 rings (SSSR count). The summed E-state index contributed by atoms with van der Waals surface area (Å²) in [4.78, 5) is 15.7. The first-order valence-corrected chi connectivity index (χ1v) is 7.77. The van der Waals surface area contributed by atoms with Crippen molar-refractivity contribution in [3.05, 3.63) is 28.5 Å². The number of amides is 1. The fraction of sp³-hybridized carbons (Fsp3) is 0.600. The fourth-order valence-corrected chi connectivity index (χ4v) is 1.92. The molecule has 0 aliphatic heterocycles. The van der Waals surface area contributed by atoms with Crippen molar-refractivity contribution < 1.29 is 14.3 Å². The molecule has 0 radical (unpaired) electrons. The van der Waals surface area contributed by atoms with Crippen LogP contribution in [-0.2, 0) is 9.47 Å². The third-order valence-corrected chi connectivity index (χ3v) is 3.01. The van der Waals surface area contributed by atoms with Crippen molar-refractivity contribution in [2.24, 2.45) is 0 Å². The molecule has 0 aromatic carbocycles. The van der Waals surface area contributed by atoms with Crippen LogP contribution in [0, 0.1) is 0 Å². The van der Waals surface area contributed by atoms with Gasteiger partial charge in [0.25, 0.3) is 0 Å². The Kier molecular flexibility index (Phi) is 7.11. The zero-order valence-electron chi connectivity index (χ0n) is 13.0. The van der Waals surface area contributed by atoms with Crippen LogP contribution in [0.5, 0.6) is 0 Å². The van der Waals surface area contributed by atoms with Gasteiger partial charge in [-0.2, -0.15) is 0 Å². The zero-order chi connectivity index (χ0) is 15.9. The average Bonchev–Trinajstić information content (AvgIpc) is 2.36. The minimum atomic E-state index is -0.471. The molecule has 0 fully saturated rings. The van der Waals surface area contributed by atoms with Crippen molar-refractivity contribution in [1.29, 1.82) is 0 Å². The minimum absolute atomic E-state index is 0.0796. The van der Waals surface area contributed by atoms with E-state index in [1.807, 2.05) is 39.8 Å². The standard InChI is InChI=1S/C15H23BrN2O3/c1-11(13-10-12(16)6-8-17-13)20-9-5-7-18-14(19)21-15(2,3)4/h6,8,10-11H,5,7,9H2,1-4H3,(H,18,19). The first kappa shape index (κ1) is 17.9. The van der Waals surface area contributed by atoms with E-state index in [0.717, 1.165) is 16.6 Å². The lowest BCUT2D eigenvalue weighted by atomic mass is 10.2. The molecule has 0 spiro atoms. The van der Waals surface area contributed by atoms with Crippen LogP contribution in [0.15, 0.2) is 22.8 Å². The van der Waals surface area contributed by atoms with Gasteiger partial charge in [0.2, 0.25) is 0 Å². The topological polar surface area (TPSA) is 60.5 Å². The molecule has 21 heavy (non-hydrogen) atoms. The van der Waals surface area contributed by atoms with Crippen molar-refractivity contribution in [3.8, 4) is 0 Å². The van der Waals surface area contributed by atoms with Gasteiger partial charge in [-0.1, -0.05) is 15.9 Å². The van der Waals surface area contributed by atoms with Gasteiger partial charge in [0.15, 0.2) is 0 Å². The third kappa shape index (κ3) is 8.02. The van der Waals surface area contributed by atoms with Crippen LogP contribution in [0.2, 0.25) is 0 Å². The Labute approximate surface area is 134 Å². The van der Waals surface area contributed by atoms with Crippen molar-refractivity contribution in [1.82, 2.24) is 10.3 Å². The molecule has 1 heterocycles. The van der Waals surface area contributed by atoms with Gasteiger partial charge in [-0.05, 0) is 46.2 Å². The van der Waals surface area contributed by atoms with E-state index in [4.69, 9.17) is 9.47 Å². The minimum Gasteiger partial charge on any atom is -0.444 e. The summed E-state index contributed by atoms with van der Waals surface area (Å²) in [6.45, 7) is 8.53. The fourth-order valence-electron chi connectivity index (χ4n) is 1.57. The average molecular weight is 359 g/mol. The number of rotatable bonds is 6. The number of hydrogen-bond donors (Lipinski definition) is 1.